The van der Waals surface area contributed by atoms with Crippen LogP contribution in [0.25, 0.3) is 0 Å². The molecule has 0 aromatic heterocycles. The smallest absolute Gasteiger partial charge is 0.119 e. The first-order chi connectivity index (χ1) is 9.95. The van der Waals surface area contributed by atoms with E-state index in [-0.39, 0.29) is 12.1 Å². The molecule has 0 aliphatic heterocycles. The fourth-order valence-corrected chi connectivity index (χ4v) is 2.35. The first-order valence-corrected chi connectivity index (χ1v) is 7.63. The monoisotopic (exact) mass is 303 g/mol. The SMILES string of the molecule is Cc1ccc(Cl)c(NC(C)c2ccc(OC(C)C)cc2)c1. The lowest BCUT2D eigenvalue weighted by Gasteiger charge is -2.18. The summed E-state index contributed by atoms with van der Waals surface area (Å²) < 4.78 is 5.66. The Balaban J connectivity index is 2.09. The summed E-state index contributed by atoms with van der Waals surface area (Å²) in [5.41, 5.74) is 3.35. The molecular weight excluding hydrogens is 282 g/mol. The zero-order chi connectivity index (χ0) is 15.4. The molecule has 0 saturated carbocycles. The van der Waals surface area contributed by atoms with Crippen molar-refractivity contribution in [2.45, 2.75) is 39.8 Å². The van der Waals surface area contributed by atoms with Crippen LogP contribution >= 0.6 is 11.6 Å². The van der Waals surface area contributed by atoms with Crippen LogP contribution in [0.4, 0.5) is 5.69 Å². The van der Waals surface area contributed by atoms with Crippen LogP contribution in [0, 0.1) is 6.92 Å². The zero-order valence-electron chi connectivity index (χ0n) is 13.0. The van der Waals surface area contributed by atoms with Gasteiger partial charge in [0, 0.05) is 6.04 Å². The molecule has 2 aromatic rings. The van der Waals surface area contributed by atoms with E-state index >= 15 is 0 Å². The molecule has 0 radical (unpaired) electrons. The molecule has 2 aromatic carbocycles. The number of ether oxygens (including phenoxy) is 1. The largest absolute Gasteiger partial charge is 0.491 e. The van der Waals surface area contributed by atoms with E-state index < -0.39 is 0 Å². The molecular formula is C18H22ClNO. The van der Waals surface area contributed by atoms with Gasteiger partial charge < -0.3 is 10.1 Å². The number of rotatable bonds is 5. The van der Waals surface area contributed by atoms with E-state index in [2.05, 4.69) is 37.4 Å². The molecule has 0 aliphatic rings. The molecule has 0 amide bonds. The molecule has 0 aliphatic carbocycles. The van der Waals surface area contributed by atoms with Crippen LogP contribution in [0.15, 0.2) is 42.5 Å². The highest BCUT2D eigenvalue weighted by atomic mass is 35.5. The van der Waals surface area contributed by atoms with Crippen LogP contribution in [0.1, 0.15) is 37.9 Å². The van der Waals surface area contributed by atoms with E-state index in [9.17, 15) is 0 Å². The molecule has 1 atom stereocenters. The Morgan fingerprint density at radius 2 is 1.67 bits per heavy atom. The van der Waals surface area contributed by atoms with Gasteiger partial charge in [-0.2, -0.15) is 0 Å². The van der Waals surface area contributed by atoms with Gasteiger partial charge in [-0.05, 0) is 63.1 Å². The summed E-state index contributed by atoms with van der Waals surface area (Å²) in [6.45, 7) is 8.23. The number of aryl methyl sites for hydroxylation is 1. The van der Waals surface area contributed by atoms with E-state index in [1.54, 1.807) is 0 Å². The number of hydrogen-bond acceptors (Lipinski definition) is 2. The van der Waals surface area contributed by atoms with Crippen molar-refractivity contribution in [3.05, 3.63) is 58.6 Å². The van der Waals surface area contributed by atoms with Crippen molar-refractivity contribution in [1.29, 1.82) is 0 Å². The van der Waals surface area contributed by atoms with Gasteiger partial charge in [0.25, 0.3) is 0 Å². The lowest BCUT2D eigenvalue weighted by Crippen LogP contribution is -2.08. The van der Waals surface area contributed by atoms with Crippen molar-refractivity contribution in [3.8, 4) is 5.75 Å². The molecule has 0 heterocycles. The van der Waals surface area contributed by atoms with Gasteiger partial charge in [0.15, 0.2) is 0 Å². The normalized spacial score (nSPS) is 12.3. The summed E-state index contributed by atoms with van der Waals surface area (Å²) in [5.74, 6) is 0.898. The Hall–Kier alpha value is -1.67. The highest BCUT2D eigenvalue weighted by Gasteiger charge is 2.08. The lowest BCUT2D eigenvalue weighted by atomic mass is 10.1. The molecule has 2 nitrogen and oxygen atoms in total. The summed E-state index contributed by atoms with van der Waals surface area (Å²) >= 11 is 6.23. The molecule has 3 heteroatoms. The third-order valence-electron chi connectivity index (χ3n) is 3.25. The molecule has 0 saturated heterocycles. The molecule has 2 rings (SSSR count). The van der Waals surface area contributed by atoms with Gasteiger partial charge in [0.1, 0.15) is 5.75 Å². The van der Waals surface area contributed by atoms with Gasteiger partial charge in [0.2, 0.25) is 0 Å². The average molecular weight is 304 g/mol. The Labute approximate surface area is 132 Å². The van der Waals surface area contributed by atoms with E-state index in [1.165, 1.54) is 11.1 Å². The molecule has 0 fully saturated rings. The number of nitrogens with one attached hydrogen (secondary N) is 1. The van der Waals surface area contributed by atoms with Crippen LogP contribution < -0.4 is 10.1 Å². The first kappa shape index (κ1) is 15.7. The van der Waals surface area contributed by atoms with Gasteiger partial charge >= 0.3 is 0 Å². The van der Waals surface area contributed by atoms with Crippen molar-refractivity contribution in [1.82, 2.24) is 0 Å². The molecule has 1 N–H and O–H groups in total. The van der Waals surface area contributed by atoms with E-state index in [0.29, 0.717) is 0 Å². The van der Waals surface area contributed by atoms with Crippen molar-refractivity contribution in [3.63, 3.8) is 0 Å². The summed E-state index contributed by atoms with van der Waals surface area (Å²) in [5, 5.41) is 4.20. The number of anilines is 1. The maximum Gasteiger partial charge on any atom is 0.119 e. The van der Waals surface area contributed by atoms with Gasteiger partial charge in [0.05, 0.1) is 16.8 Å². The predicted octanol–water partition coefficient (Wildman–Crippen LogP) is 5.61. The predicted molar refractivity (Wildman–Crippen MR) is 90.4 cm³/mol. The van der Waals surface area contributed by atoms with Crippen LogP contribution in [-0.4, -0.2) is 6.10 Å². The quantitative estimate of drug-likeness (QED) is 0.775. The minimum absolute atomic E-state index is 0.178. The average Bonchev–Trinajstić information content (AvgIpc) is 2.43. The fourth-order valence-electron chi connectivity index (χ4n) is 2.17. The van der Waals surface area contributed by atoms with E-state index in [0.717, 1.165) is 16.5 Å². The molecule has 112 valence electrons. The highest BCUT2D eigenvalue weighted by Crippen LogP contribution is 2.28. The number of benzene rings is 2. The molecule has 1 unspecified atom stereocenters. The Morgan fingerprint density at radius 1 is 1.00 bits per heavy atom. The van der Waals surface area contributed by atoms with Crippen LogP contribution in [0.3, 0.4) is 0 Å². The molecule has 0 spiro atoms. The number of halogens is 1. The second-order valence-electron chi connectivity index (χ2n) is 5.58. The van der Waals surface area contributed by atoms with Gasteiger partial charge in [-0.3, -0.25) is 0 Å². The Kier molecular flexibility index (Phi) is 5.13. The lowest BCUT2D eigenvalue weighted by molar-refractivity contribution is 0.242. The van der Waals surface area contributed by atoms with Crippen molar-refractivity contribution < 1.29 is 4.74 Å². The fraction of sp³-hybridized carbons (Fsp3) is 0.333. The van der Waals surface area contributed by atoms with E-state index in [1.807, 2.05) is 38.1 Å². The molecule has 21 heavy (non-hydrogen) atoms. The minimum Gasteiger partial charge on any atom is -0.491 e. The third-order valence-corrected chi connectivity index (χ3v) is 3.58. The summed E-state index contributed by atoms with van der Waals surface area (Å²) in [6, 6.07) is 14.4. The Bertz CT molecular complexity index is 593. The Morgan fingerprint density at radius 3 is 2.29 bits per heavy atom. The van der Waals surface area contributed by atoms with Crippen LogP contribution in [0.2, 0.25) is 5.02 Å². The topological polar surface area (TPSA) is 21.3 Å². The van der Waals surface area contributed by atoms with Crippen molar-refractivity contribution in [2.24, 2.45) is 0 Å². The second kappa shape index (κ2) is 6.86. The summed E-state index contributed by atoms with van der Waals surface area (Å²) in [7, 11) is 0. The number of hydrogen-bond donors (Lipinski definition) is 1. The van der Waals surface area contributed by atoms with Crippen LogP contribution in [0.5, 0.6) is 5.75 Å². The second-order valence-corrected chi connectivity index (χ2v) is 5.99. The van der Waals surface area contributed by atoms with Gasteiger partial charge in [-0.1, -0.05) is 29.8 Å². The summed E-state index contributed by atoms with van der Waals surface area (Å²) in [4.78, 5) is 0. The van der Waals surface area contributed by atoms with Crippen molar-refractivity contribution in [2.75, 3.05) is 5.32 Å². The maximum absolute atomic E-state index is 6.23. The van der Waals surface area contributed by atoms with Gasteiger partial charge in [-0.25, -0.2) is 0 Å². The third kappa shape index (κ3) is 4.40. The summed E-state index contributed by atoms with van der Waals surface area (Å²) in [6.07, 6.45) is 0.192. The first-order valence-electron chi connectivity index (χ1n) is 7.25. The maximum atomic E-state index is 6.23. The zero-order valence-corrected chi connectivity index (χ0v) is 13.7. The highest BCUT2D eigenvalue weighted by molar-refractivity contribution is 6.33. The molecule has 0 bridgehead atoms. The minimum atomic E-state index is 0.178. The van der Waals surface area contributed by atoms with E-state index in [4.69, 9.17) is 16.3 Å². The van der Waals surface area contributed by atoms with Crippen molar-refractivity contribution >= 4 is 17.3 Å². The standard InChI is InChI=1S/C18H22ClNO/c1-12(2)21-16-8-6-15(7-9-16)14(4)20-18-11-13(3)5-10-17(18)19/h5-12,14,20H,1-4H3. The van der Waals surface area contributed by atoms with Crippen LogP contribution in [-0.2, 0) is 0 Å². The van der Waals surface area contributed by atoms with Gasteiger partial charge in [-0.15, -0.1) is 0 Å².